The summed E-state index contributed by atoms with van der Waals surface area (Å²) in [5.41, 5.74) is 1.44. The van der Waals surface area contributed by atoms with Gasteiger partial charge in [0.25, 0.3) is 10.0 Å². The lowest BCUT2D eigenvalue weighted by atomic mass is 10.0. The number of carbonyl (C=O) groups is 1. The molecule has 0 radical (unpaired) electrons. The van der Waals surface area contributed by atoms with E-state index in [0.29, 0.717) is 35.8 Å². The lowest BCUT2D eigenvalue weighted by Crippen LogP contribution is -2.37. The summed E-state index contributed by atoms with van der Waals surface area (Å²) in [7, 11) is -0.598. The molecule has 4 rings (SSSR count). The molecular formula is C33H34ClF2N3O4S. The maximum Gasteiger partial charge on any atom is 0.410 e. The topological polar surface area (TPSA) is 70.2 Å². The van der Waals surface area contributed by atoms with Crippen LogP contribution in [0.1, 0.15) is 29.7 Å². The number of amides is 1. The normalized spacial score (nSPS) is 12.2. The van der Waals surface area contributed by atoms with Gasteiger partial charge in [-0.25, -0.2) is 22.0 Å². The minimum absolute atomic E-state index is 0.154. The van der Waals surface area contributed by atoms with E-state index >= 15 is 4.39 Å². The van der Waals surface area contributed by atoms with E-state index in [1.54, 1.807) is 36.1 Å². The summed E-state index contributed by atoms with van der Waals surface area (Å²) >= 11 is 5.98. The van der Waals surface area contributed by atoms with Crippen LogP contribution in [-0.2, 0) is 27.9 Å². The third kappa shape index (κ3) is 8.13. The molecule has 0 aliphatic heterocycles. The highest BCUT2D eigenvalue weighted by molar-refractivity contribution is 7.92. The van der Waals surface area contributed by atoms with E-state index in [9.17, 15) is 17.6 Å². The Hall–Kier alpha value is -3.99. The smallest absolute Gasteiger partial charge is 0.410 e. The summed E-state index contributed by atoms with van der Waals surface area (Å²) in [5.74, 6) is -1.72. The average Bonchev–Trinajstić information content (AvgIpc) is 3.00. The van der Waals surface area contributed by atoms with E-state index in [1.807, 2.05) is 49.3 Å². The number of carbonyl (C=O) groups excluding carboxylic acids is 1. The van der Waals surface area contributed by atoms with Gasteiger partial charge in [0.1, 0.15) is 18.2 Å². The Morgan fingerprint density at radius 2 is 1.55 bits per heavy atom. The van der Waals surface area contributed by atoms with Gasteiger partial charge < -0.3 is 14.5 Å². The van der Waals surface area contributed by atoms with Gasteiger partial charge in [-0.3, -0.25) is 4.31 Å². The Morgan fingerprint density at radius 3 is 2.23 bits per heavy atom. The van der Waals surface area contributed by atoms with Crippen LogP contribution in [0.3, 0.4) is 0 Å². The zero-order chi connectivity index (χ0) is 31.9. The van der Waals surface area contributed by atoms with Crippen LogP contribution in [0.15, 0.2) is 102 Å². The Bertz CT molecular complexity index is 1670. The molecule has 44 heavy (non-hydrogen) atoms. The minimum Gasteiger partial charge on any atom is -0.445 e. The van der Waals surface area contributed by atoms with Gasteiger partial charge in [-0.15, -0.1) is 0 Å². The number of sulfonamides is 1. The number of halogens is 3. The Balaban J connectivity index is 1.66. The molecule has 0 heterocycles. The molecule has 0 aliphatic rings. The molecule has 0 spiro atoms. The minimum atomic E-state index is -4.42. The van der Waals surface area contributed by atoms with Crippen LogP contribution in [0.4, 0.5) is 19.3 Å². The number of hydrogen-bond donors (Lipinski definition) is 0. The molecular weight excluding hydrogens is 608 g/mol. The molecule has 0 N–H and O–H groups in total. The lowest BCUT2D eigenvalue weighted by Gasteiger charge is -2.32. The van der Waals surface area contributed by atoms with Crippen molar-refractivity contribution in [2.75, 3.05) is 31.5 Å². The number of benzene rings is 4. The number of nitrogens with zero attached hydrogens (tertiary/aromatic N) is 3. The summed E-state index contributed by atoms with van der Waals surface area (Å²) in [4.78, 5) is 16.7. The molecule has 0 fully saturated rings. The predicted molar refractivity (Wildman–Crippen MR) is 168 cm³/mol. The predicted octanol–water partition coefficient (Wildman–Crippen LogP) is 7.28. The lowest BCUT2D eigenvalue weighted by molar-refractivity contribution is 0.0908. The van der Waals surface area contributed by atoms with Crippen LogP contribution < -0.4 is 4.31 Å². The zero-order valence-electron chi connectivity index (χ0n) is 24.7. The highest BCUT2D eigenvalue weighted by Gasteiger charge is 2.34. The van der Waals surface area contributed by atoms with E-state index in [1.165, 1.54) is 24.3 Å². The van der Waals surface area contributed by atoms with Gasteiger partial charge in [-0.2, -0.15) is 0 Å². The number of rotatable bonds is 12. The van der Waals surface area contributed by atoms with Gasteiger partial charge in [0.2, 0.25) is 0 Å². The second-order valence-electron chi connectivity index (χ2n) is 10.5. The van der Waals surface area contributed by atoms with Crippen LogP contribution in [0, 0.1) is 11.6 Å². The van der Waals surface area contributed by atoms with Gasteiger partial charge in [-0.05, 0) is 74.1 Å². The molecule has 1 atom stereocenters. The fraction of sp³-hybridized carbons (Fsp3) is 0.242. The van der Waals surface area contributed by atoms with Crippen molar-refractivity contribution in [1.29, 1.82) is 0 Å². The standard InChI is InChI=1S/C33H34ClF2N3O4S/c1-24(39(32-21-28(35)15-18-31(32)36)44(41,42)29-16-13-27(34)14-17-29)30-12-8-7-11-26(30)23-43-33(40)38(20-19-37(2)3)22-25-9-5-4-6-10-25/h4-18,21,24H,19-20,22-23H2,1-3H3/t24-/m1/s1. The summed E-state index contributed by atoms with van der Waals surface area (Å²) in [6.45, 7) is 2.78. The second kappa shape index (κ2) is 14.7. The van der Waals surface area contributed by atoms with Gasteiger partial charge in [0.15, 0.2) is 0 Å². The SMILES string of the molecule is C[C@H](c1ccccc1COC(=O)N(CCN(C)C)Cc1ccccc1)N(c1cc(F)ccc1F)S(=O)(=O)c1ccc(Cl)cc1. The maximum atomic E-state index is 15.2. The number of anilines is 1. The van der Waals surface area contributed by atoms with Crippen molar-refractivity contribution in [3.8, 4) is 0 Å². The van der Waals surface area contributed by atoms with E-state index in [4.69, 9.17) is 16.3 Å². The van der Waals surface area contributed by atoms with Gasteiger partial charge >= 0.3 is 6.09 Å². The fourth-order valence-electron chi connectivity index (χ4n) is 4.71. The first-order valence-corrected chi connectivity index (χ1v) is 15.7. The monoisotopic (exact) mass is 641 g/mol. The molecule has 232 valence electrons. The summed E-state index contributed by atoms with van der Waals surface area (Å²) in [6, 6.07) is 23.4. The first kappa shape index (κ1) is 32.9. The van der Waals surface area contributed by atoms with Crippen LogP contribution in [0.5, 0.6) is 0 Å². The fourth-order valence-corrected chi connectivity index (χ4v) is 6.47. The third-order valence-corrected chi connectivity index (χ3v) is 9.17. The molecule has 0 aromatic heterocycles. The van der Waals surface area contributed by atoms with E-state index in [0.717, 1.165) is 28.1 Å². The number of hydrogen-bond acceptors (Lipinski definition) is 5. The van der Waals surface area contributed by atoms with E-state index < -0.39 is 39.5 Å². The summed E-state index contributed by atoms with van der Waals surface area (Å²) in [6.07, 6.45) is -0.542. The zero-order valence-corrected chi connectivity index (χ0v) is 26.2. The largest absolute Gasteiger partial charge is 0.445 e. The third-order valence-electron chi connectivity index (χ3n) is 7.02. The molecule has 0 saturated heterocycles. The maximum absolute atomic E-state index is 15.2. The van der Waals surface area contributed by atoms with Crippen molar-refractivity contribution in [1.82, 2.24) is 9.80 Å². The van der Waals surface area contributed by atoms with Gasteiger partial charge in [0.05, 0.1) is 16.6 Å². The Labute approximate surface area is 262 Å². The second-order valence-corrected chi connectivity index (χ2v) is 12.7. The van der Waals surface area contributed by atoms with Crippen LogP contribution in [0.2, 0.25) is 5.02 Å². The first-order valence-electron chi connectivity index (χ1n) is 13.9. The van der Waals surface area contributed by atoms with Crippen LogP contribution >= 0.6 is 11.6 Å². The summed E-state index contributed by atoms with van der Waals surface area (Å²) in [5, 5.41) is 0.319. The van der Waals surface area contributed by atoms with Gasteiger partial charge in [-0.1, -0.05) is 66.2 Å². The van der Waals surface area contributed by atoms with E-state index in [-0.39, 0.29) is 11.5 Å². The first-order chi connectivity index (χ1) is 21.0. The summed E-state index contributed by atoms with van der Waals surface area (Å²) < 4.78 is 64.1. The molecule has 4 aromatic rings. The number of ether oxygens (including phenoxy) is 1. The molecule has 7 nitrogen and oxygen atoms in total. The molecule has 0 saturated carbocycles. The Morgan fingerprint density at radius 1 is 0.886 bits per heavy atom. The van der Waals surface area contributed by atoms with Crippen LogP contribution in [0.25, 0.3) is 0 Å². The highest BCUT2D eigenvalue weighted by atomic mass is 35.5. The highest BCUT2D eigenvalue weighted by Crippen LogP contribution is 2.37. The average molecular weight is 642 g/mol. The van der Waals surface area contributed by atoms with Crippen molar-refractivity contribution in [2.24, 2.45) is 0 Å². The van der Waals surface area contributed by atoms with Crippen LogP contribution in [-0.4, -0.2) is 51.5 Å². The van der Waals surface area contributed by atoms with Crippen molar-refractivity contribution < 1.29 is 26.7 Å². The number of likely N-dealkylation sites (N-methyl/N-ethyl adjacent to an activating group) is 1. The quantitative estimate of drug-likeness (QED) is 0.163. The molecule has 1 amide bonds. The van der Waals surface area contributed by atoms with Crippen molar-refractivity contribution in [3.63, 3.8) is 0 Å². The molecule has 0 bridgehead atoms. The molecule has 11 heteroatoms. The molecule has 0 aliphatic carbocycles. The van der Waals surface area contributed by atoms with Crippen molar-refractivity contribution in [2.45, 2.75) is 31.0 Å². The molecule has 4 aromatic carbocycles. The van der Waals surface area contributed by atoms with Crippen molar-refractivity contribution in [3.05, 3.63) is 130 Å². The molecule has 0 unspecified atom stereocenters. The van der Waals surface area contributed by atoms with E-state index in [2.05, 4.69) is 0 Å². The Kier molecular flexibility index (Phi) is 11.0. The van der Waals surface area contributed by atoms with Crippen molar-refractivity contribution >= 4 is 33.4 Å². The van der Waals surface area contributed by atoms with Gasteiger partial charge in [0, 0.05) is 30.7 Å².